The van der Waals surface area contributed by atoms with E-state index in [9.17, 15) is 9.59 Å². The SMILES string of the molecule is CC(=O)C(C)CCCCC(=O)NCC(C)(C)N1CCOCC1. The summed E-state index contributed by atoms with van der Waals surface area (Å²) in [6.45, 7) is 11.9. The Kier molecular flexibility index (Phi) is 8.04. The number of hydrogen-bond donors (Lipinski definition) is 1. The molecule has 5 heteroatoms. The Morgan fingerprint density at radius 3 is 2.45 bits per heavy atom. The number of carbonyl (C=O) groups is 2. The molecule has 128 valence electrons. The molecular formula is C17H32N2O3. The highest BCUT2D eigenvalue weighted by atomic mass is 16.5. The number of hydrogen-bond acceptors (Lipinski definition) is 4. The molecule has 5 nitrogen and oxygen atoms in total. The van der Waals surface area contributed by atoms with Gasteiger partial charge in [-0.15, -0.1) is 0 Å². The van der Waals surface area contributed by atoms with Crippen molar-refractivity contribution in [2.45, 2.75) is 58.9 Å². The summed E-state index contributed by atoms with van der Waals surface area (Å²) in [5, 5.41) is 3.04. The van der Waals surface area contributed by atoms with Crippen LogP contribution in [0, 0.1) is 5.92 Å². The Balaban J connectivity index is 2.17. The standard InChI is InChI=1S/C17H32N2O3/c1-14(15(2)20)7-5-6-8-16(21)18-13-17(3,4)19-9-11-22-12-10-19/h14H,5-13H2,1-4H3,(H,18,21). The van der Waals surface area contributed by atoms with E-state index in [2.05, 4.69) is 24.1 Å². The Morgan fingerprint density at radius 2 is 1.86 bits per heavy atom. The van der Waals surface area contributed by atoms with E-state index in [1.54, 1.807) is 6.92 Å². The smallest absolute Gasteiger partial charge is 0.220 e. The zero-order valence-corrected chi connectivity index (χ0v) is 14.6. The lowest BCUT2D eigenvalue weighted by Crippen LogP contribution is -2.55. The summed E-state index contributed by atoms with van der Waals surface area (Å²) < 4.78 is 5.37. The van der Waals surface area contributed by atoms with E-state index in [0.29, 0.717) is 13.0 Å². The molecule has 0 saturated carbocycles. The van der Waals surface area contributed by atoms with Gasteiger partial charge >= 0.3 is 0 Å². The van der Waals surface area contributed by atoms with Crippen LogP contribution in [-0.2, 0) is 14.3 Å². The average molecular weight is 312 g/mol. The number of ketones is 1. The maximum absolute atomic E-state index is 11.9. The van der Waals surface area contributed by atoms with Gasteiger partial charge in [0.05, 0.1) is 13.2 Å². The van der Waals surface area contributed by atoms with Gasteiger partial charge in [-0.05, 0) is 33.6 Å². The topological polar surface area (TPSA) is 58.6 Å². The summed E-state index contributed by atoms with van der Waals surface area (Å²) in [6.07, 6.45) is 3.20. The third-order valence-corrected chi connectivity index (χ3v) is 4.57. The third kappa shape index (κ3) is 6.88. The average Bonchev–Trinajstić information content (AvgIpc) is 2.50. The lowest BCUT2D eigenvalue weighted by atomic mass is 9.99. The molecule has 0 aromatic carbocycles. The number of nitrogens with zero attached hydrogens (tertiary/aromatic N) is 1. The summed E-state index contributed by atoms with van der Waals surface area (Å²) in [6, 6.07) is 0. The fourth-order valence-corrected chi connectivity index (χ4v) is 2.62. The molecule has 0 spiro atoms. The van der Waals surface area contributed by atoms with Gasteiger partial charge in [-0.3, -0.25) is 14.5 Å². The highest BCUT2D eigenvalue weighted by Crippen LogP contribution is 2.15. The molecule has 1 heterocycles. The van der Waals surface area contributed by atoms with Crippen molar-refractivity contribution in [2.75, 3.05) is 32.8 Å². The van der Waals surface area contributed by atoms with Gasteiger partial charge < -0.3 is 10.1 Å². The number of carbonyl (C=O) groups excluding carboxylic acids is 2. The fraction of sp³-hybridized carbons (Fsp3) is 0.882. The highest BCUT2D eigenvalue weighted by molar-refractivity contribution is 5.77. The van der Waals surface area contributed by atoms with Gasteiger partial charge in [-0.25, -0.2) is 0 Å². The Hall–Kier alpha value is -0.940. The largest absolute Gasteiger partial charge is 0.379 e. The van der Waals surface area contributed by atoms with Crippen LogP contribution in [0.4, 0.5) is 0 Å². The van der Waals surface area contributed by atoms with E-state index < -0.39 is 0 Å². The number of Topliss-reactive ketones (excluding diaryl/α,β-unsaturated/α-hetero) is 1. The van der Waals surface area contributed by atoms with Crippen molar-refractivity contribution < 1.29 is 14.3 Å². The number of rotatable bonds is 9. The van der Waals surface area contributed by atoms with Crippen LogP contribution in [0.1, 0.15) is 53.4 Å². The number of amides is 1. The Labute approximate surface area is 134 Å². The van der Waals surface area contributed by atoms with Gasteiger partial charge in [0.25, 0.3) is 0 Å². The Bertz CT molecular complexity index is 363. The van der Waals surface area contributed by atoms with Gasteiger partial charge in [0, 0.05) is 37.5 Å². The van der Waals surface area contributed by atoms with Crippen LogP contribution < -0.4 is 5.32 Å². The van der Waals surface area contributed by atoms with E-state index >= 15 is 0 Å². The van der Waals surface area contributed by atoms with Crippen LogP contribution in [0.3, 0.4) is 0 Å². The first kappa shape index (κ1) is 19.1. The van der Waals surface area contributed by atoms with Gasteiger partial charge in [0.2, 0.25) is 5.91 Å². The summed E-state index contributed by atoms with van der Waals surface area (Å²) in [5.41, 5.74) is -0.0391. The number of ether oxygens (including phenoxy) is 1. The molecule has 0 aromatic heterocycles. The predicted octanol–water partition coefficient (Wildman–Crippen LogP) is 2.00. The minimum atomic E-state index is -0.0391. The summed E-state index contributed by atoms with van der Waals surface area (Å²) in [7, 11) is 0. The van der Waals surface area contributed by atoms with E-state index in [-0.39, 0.29) is 23.1 Å². The number of unbranched alkanes of at least 4 members (excludes halogenated alkanes) is 1. The van der Waals surface area contributed by atoms with Gasteiger partial charge in [-0.2, -0.15) is 0 Å². The van der Waals surface area contributed by atoms with Crippen LogP contribution in [-0.4, -0.2) is 55.0 Å². The summed E-state index contributed by atoms with van der Waals surface area (Å²) >= 11 is 0. The van der Waals surface area contributed by atoms with E-state index in [0.717, 1.165) is 45.6 Å². The van der Waals surface area contributed by atoms with Crippen molar-refractivity contribution in [3.8, 4) is 0 Å². The highest BCUT2D eigenvalue weighted by Gasteiger charge is 2.28. The Morgan fingerprint density at radius 1 is 1.23 bits per heavy atom. The molecule has 1 saturated heterocycles. The van der Waals surface area contributed by atoms with Crippen LogP contribution in [0.15, 0.2) is 0 Å². The lowest BCUT2D eigenvalue weighted by Gasteiger charge is -2.40. The number of morpholine rings is 1. The lowest BCUT2D eigenvalue weighted by molar-refractivity contribution is -0.122. The maximum atomic E-state index is 11.9. The maximum Gasteiger partial charge on any atom is 0.220 e. The van der Waals surface area contributed by atoms with E-state index in [1.165, 1.54) is 0 Å². The van der Waals surface area contributed by atoms with Crippen LogP contribution in [0.5, 0.6) is 0 Å². The quantitative estimate of drug-likeness (QED) is 0.662. The molecule has 22 heavy (non-hydrogen) atoms. The zero-order chi connectivity index (χ0) is 16.6. The first-order valence-electron chi connectivity index (χ1n) is 8.43. The second kappa shape index (κ2) is 9.26. The fourth-order valence-electron chi connectivity index (χ4n) is 2.62. The van der Waals surface area contributed by atoms with Crippen molar-refractivity contribution >= 4 is 11.7 Å². The predicted molar refractivity (Wildman–Crippen MR) is 87.8 cm³/mol. The molecule has 0 bridgehead atoms. The molecular weight excluding hydrogens is 280 g/mol. The molecule has 1 amide bonds. The molecule has 1 fully saturated rings. The van der Waals surface area contributed by atoms with Crippen molar-refractivity contribution in [2.24, 2.45) is 5.92 Å². The van der Waals surface area contributed by atoms with Crippen LogP contribution >= 0.6 is 0 Å². The molecule has 1 N–H and O–H groups in total. The second-order valence-electron chi connectivity index (χ2n) is 6.95. The van der Waals surface area contributed by atoms with Crippen molar-refractivity contribution in [3.05, 3.63) is 0 Å². The minimum absolute atomic E-state index is 0.0391. The monoisotopic (exact) mass is 312 g/mol. The normalized spacial score (nSPS) is 18.0. The molecule has 1 unspecified atom stereocenters. The van der Waals surface area contributed by atoms with E-state index in [1.807, 2.05) is 6.92 Å². The van der Waals surface area contributed by atoms with Gasteiger partial charge in [0.1, 0.15) is 5.78 Å². The van der Waals surface area contributed by atoms with Crippen LogP contribution in [0.25, 0.3) is 0 Å². The van der Waals surface area contributed by atoms with Crippen molar-refractivity contribution in [1.82, 2.24) is 10.2 Å². The molecule has 1 aliphatic heterocycles. The van der Waals surface area contributed by atoms with Crippen molar-refractivity contribution in [1.29, 1.82) is 0 Å². The minimum Gasteiger partial charge on any atom is -0.379 e. The third-order valence-electron chi connectivity index (χ3n) is 4.57. The molecule has 1 atom stereocenters. The first-order valence-corrected chi connectivity index (χ1v) is 8.43. The van der Waals surface area contributed by atoms with Gasteiger partial charge in [-0.1, -0.05) is 13.3 Å². The van der Waals surface area contributed by atoms with E-state index in [4.69, 9.17) is 4.74 Å². The molecule has 1 rings (SSSR count). The molecule has 0 aliphatic carbocycles. The number of nitrogens with one attached hydrogen (secondary N) is 1. The first-order chi connectivity index (χ1) is 10.3. The zero-order valence-electron chi connectivity index (χ0n) is 14.6. The summed E-state index contributed by atoms with van der Waals surface area (Å²) in [4.78, 5) is 25.4. The second-order valence-corrected chi connectivity index (χ2v) is 6.95. The molecule has 1 aliphatic rings. The summed E-state index contributed by atoms with van der Waals surface area (Å²) in [5.74, 6) is 0.455. The molecule has 0 radical (unpaired) electrons. The van der Waals surface area contributed by atoms with Crippen molar-refractivity contribution in [3.63, 3.8) is 0 Å². The molecule has 0 aromatic rings. The van der Waals surface area contributed by atoms with Gasteiger partial charge in [0.15, 0.2) is 0 Å². The van der Waals surface area contributed by atoms with Crippen LogP contribution in [0.2, 0.25) is 0 Å².